The Morgan fingerprint density at radius 2 is 1.80 bits per heavy atom. The Morgan fingerprint density at radius 3 is 2.40 bits per heavy atom. The quantitative estimate of drug-likeness (QED) is 0.319. The maximum absolute atomic E-state index is 5.09. The molecule has 0 radical (unpaired) electrons. The van der Waals surface area contributed by atoms with Crippen LogP contribution in [0.25, 0.3) is 0 Å². The van der Waals surface area contributed by atoms with E-state index in [0.29, 0.717) is 0 Å². The molecule has 0 spiro atoms. The molecule has 0 saturated carbocycles. The number of hydrogen-bond donors (Lipinski definition) is 2. The zero-order chi connectivity index (χ0) is 17.8. The van der Waals surface area contributed by atoms with Gasteiger partial charge in [-0.25, -0.2) is 0 Å². The van der Waals surface area contributed by atoms with E-state index in [1.165, 1.54) is 16.7 Å². The lowest BCUT2D eigenvalue weighted by atomic mass is 10.1. The monoisotopic (exact) mass is 462 g/mol. The molecule has 0 unspecified atom stereocenters. The van der Waals surface area contributed by atoms with Gasteiger partial charge in [0.25, 0.3) is 0 Å². The summed E-state index contributed by atoms with van der Waals surface area (Å²) in [6.45, 7) is 11.5. The van der Waals surface area contributed by atoms with Gasteiger partial charge in [0.05, 0.1) is 13.2 Å². The maximum atomic E-state index is 5.09. The number of aliphatic imine (C=N–C) groups is 1. The highest BCUT2D eigenvalue weighted by Crippen LogP contribution is 2.08. The van der Waals surface area contributed by atoms with Crippen molar-refractivity contribution in [2.75, 3.05) is 53.5 Å². The van der Waals surface area contributed by atoms with Crippen molar-refractivity contribution in [3.63, 3.8) is 0 Å². The summed E-state index contributed by atoms with van der Waals surface area (Å²) in [6, 6.07) is 6.72. The van der Waals surface area contributed by atoms with Crippen LogP contribution >= 0.6 is 24.0 Å². The maximum Gasteiger partial charge on any atom is 0.191 e. The predicted octanol–water partition coefficient (Wildman–Crippen LogP) is 2.60. The van der Waals surface area contributed by atoms with E-state index >= 15 is 0 Å². The highest BCUT2D eigenvalue weighted by Gasteiger charge is 2.01. The van der Waals surface area contributed by atoms with Crippen molar-refractivity contribution in [3.05, 3.63) is 34.9 Å². The van der Waals surface area contributed by atoms with E-state index in [2.05, 4.69) is 66.5 Å². The molecular formula is C19H35IN4O. The SMILES string of the molecule is CCNC(=NCCN(C)CCOC)NCCc1cc(C)cc(C)c1.I. The first-order valence-corrected chi connectivity index (χ1v) is 8.82. The summed E-state index contributed by atoms with van der Waals surface area (Å²) in [7, 11) is 3.82. The number of benzene rings is 1. The fraction of sp³-hybridized carbons (Fsp3) is 0.632. The van der Waals surface area contributed by atoms with E-state index in [1.54, 1.807) is 7.11 Å². The van der Waals surface area contributed by atoms with Crippen LogP contribution in [-0.2, 0) is 11.2 Å². The van der Waals surface area contributed by atoms with E-state index < -0.39 is 0 Å². The molecule has 1 aromatic carbocycles. The van der Waals surface area contributed by atoms with Gasteiger partial charge in [-0.3, -0.25) is 4.99 Å². The highest BCUT2D eigenvalue weighted by molar-refractivity contribution is 14.0. The standard InChI is InChI=1S/C19H34N4O.HI/c1-6-20-19(22-9-10-23(4)11-12-24-5)21-8-7-18-14-16(2)13-17(3)15-18;/h13-15H,6-12H2,1-5H3,(H2,20,21,22);1H. The van der Waals surface area contributed by atoms with Crippen molar-refractivity contribution in [2.24, 2.45) is 4.99 Å². The Kier molecular flexibility index (Phi) is 13.8. The summed E-state index contributed by atoms with van der Waals surface area (Å²) < 4.78 is 5.09. The molecule has 144 valence electrons. The van der Waals surface area contributed by atoms with Gasteiger partial charge in [-0.05, 0) is 39.8 Å². The van der Waals surface area contributed by atoms with Crippen LogP contribution in [0.2, 0.25) is 0 Å². The van der Waals surface area contributed by atoms with Gasteiger partial charge in [0.2, 0.25) is 0 Å². The van der Waals surface area contributed by atoms with Crippen LogP contribution in [0.4, 0.5) is 0 Å². The number of ether oxygens (including phenoxy) is 1. The number of likely N-dealkylation sites (N-methyl/N-ethyl adjacent to an activating group) is 1. The van der Waals surface area contributed by atoms with Gasteiger partial charge in [-0.2, -0.15) is 0 Å². The highest BCUT2D eigenvalue weighted by atomic mass is 127. The Hall–Kier alpha value is -0.860. The molecule has 0 aliphatic carbocycles. The Balaban J connectivity index is 0.00000576. The molecule has 6 heteroatoms. The zero-order valence-electron chi connectivity index (χ0n) is 16.4. The molecular weight excluding hydrogens is 427 g/mol. The minimum Gasteiger partial charge on any atom is -0.383 e. The number of methoxy groups -OCH3 is 1. The second-order valence-corrected chi connectivity index (χ2v) is 6.23. The third-order valence-corrected chi connectivity index (χ3v) is 3.76. The number of halogens is 1. The summed E-state index contributed by atoms with van der Waals surface area (Å²) in [4.78, 5) is 6.87. The largest absolute Gasteiger partial charge is 0.383 e. The summed E-state index contributed by atoms with van der Waals surface area (Å²) >= 11 is 0. The number of nitrogens with zero attached hydrogens (tertiary/aromatic N) is 2. The van der Waals surface area contributed by atoms with Gasteiger partial charge < -0.3 is 20.3 Å². The van der Waals surface area contributed by atoms with Gasteiger partial charge in [-0.15, -0.1) is 24.0 Å². The molecule has 0 saturated heterocycles. The first-order chi connectivity index (χ1) is 11.5. The van der Waals surface area contributed by atoms with Gasteiger partial charge in [0.15, 0.2) is 5.96 Å². The average Bonchev–Trinajstić information content (AvgIpc) is 2.52. The van der Waals surface area contributed by atoms with Gasteiger partial charge in [0, 0.05) is 33.3 Å². The van der Waals surface area contributed by atoms with Crippen molar-refractivity contribution in [2.45, 2.75) is 27.2 Å². The summed E-state index contributed by atoms with van der Waals surface area (Å²) in [6.07, 6.45) is 1.00. The van der Waals surface area contributed by atoms with Crippen LogP contribution in [0.15, 0.2) is 23.2 Å². The van der Waals surface area contributed by atoms with E-state index in [0.717, 1.165) is 51.7 Å². The van der Waals surface area contributed by atoms with Crippen molar-refractivity contribution >= 4 is 29.9 Å². The molecule has 5 nitrogen and oxygen atoms in total. The van der Waals surface area contributed by atoms with Crippen LogP contribution < -0.4 is 10.6 Å². The summed E-state index contributed by atoms with van der Waals surface area (Å²) in [5.41, 5.74) is 4.02. The van der Waals surface area contributed by atoms with Gasteiger partial charge in [0.1, 0.15) is 0 Å². The fourth-order valence-corrected chi connectivity index (χ4v) is 2.57. The van der Waals surface area contributed by atoms with Crippen LogP contribution in [0, 0.1) is 13.8 Å². The van der Waals surface area contributed by atoms with Crippen LogP contribution in [0.5, 0.6) is 0 Å². The van der Waals surface area contributed by atoms with Crippen molar-refractivity contribution in [3.8, 4) is 0 Å². The number of guanidine groups is 1. The molecule has 0 fully saturated rings. The van der Waals surface area contributed by atoms with Gasteiger partial charge >= 0.3 is 0 Å². The summed E-state index contributed by atoms with van der Waals surface area (Å²) in [5.74, 6) is 0.891. The number of nitrogens with one attached hydrogen (secondary N) is 2. The lowest BCUT2D eigenvalue weighted by molar-refractivity contribution is 0.163. The minimum absolute atomic E-state index is 0. The third kappa shape index (κ3) is 11.4. The topological polar surface area (TPSA) is 48.9 Å². The second-order valence-electron chi connectivity index (χ2n) is 6.23. The van der Waals surface area contributed by atoms with Crippen LogP contribution in [0.1, 0.15) is 23.6 Å². The molecule has 0 amide bonds. The molecule has 0 bridgehead atoms. The van der Waals surface area contributed by atoms with Crippen LogP contribution in [0.3, 0.4) is 0 Å². The fourth-order valence-electron chi connectivity index (χ4n) is 2.57. The molecule has 1 aromatic rings. The molecule has 0 aromatic heterocycles. The number of rotatable bonds is 10. The van der Waals surface area contributed by atoms with Gasteiger partial charge in [-0.1, -0.05) is 29.3 Å². The molecule has 2 N–H and O–H groups in total. The Morgan fingerprint density at radius 1 is 1.12 bits per heavy atom. The Labute approximate surface area is 170 Å². The molecule has 1 rings (SSSR count). The van der Waals surface area contributed by atoms with E-state index in [1.807, 2.05) is 0 Å². The van der Waals surface area contributed by atoms with E-state index in [4.69, 9.17) is 4.74 Å². The molecule has 0 aliphatic rings. The molecule has 25 heavy (non-hydrogen) atoms. The summed E-state index contributed by atoms with van der Waals surface area (Å²) in [5, 5.41) is 6.72. The number of hydrogen-bond acceptors (Lipinski definition) is 3. The zero-order valence-corrected chi connectivity index (χ0v) is 18.7. The third-order valence-electron chi connectivity index (χ3n) is 3.76. The Bertz CT molecular complexity index is 488. The lowest BCUT2D eigenvalue weighted by Gasteiger charge is -2.16. The first kappa shape index (κ1) is 24.1. The smallest absolute Gasteiger partial charge is 0.191 e. The number of aryl methyl sites for hydroxylation is 2. The average molecular weight is 462 g/mol. The van der Waals surface area contributed by atoms with Crippen molar-refractivity contribution in [1.82, 2.24) is 15.5 Å². The van der Waals surface area contributed by atoms with Crippen molar-refractivity contribution < 1.29 is 4.74 Å². The lowest BCUT2D eigenvalue weighted by Crippen LogP contribution is -2.39. The first-order valence-electron chi connectivity index (χ1n) is 8.82. The second kappa shape index (κ2) is 14.3. The van der Waals surface area contributed by atoms with E-state index in [9.17, 15) is 0 Å². The van der Waals surface area contributed by atoms with Crippen molar-refractivity contribution in [1.29, 1.82) is 0 Å². The van der Waals surface area contributed by atoms with E-state index in [-0.39, 0.29) is 24.0 Å². The normalized spacial score (nSPS) is 11.4. The molecule has 0 heterocycles. The minimum atomic E-state index is 0. The van der Waals surface area contributed by atoms with Crippen LogP contribution in [-0.4, -0.2) is 64.3 Å². The molecule has 0 aliphatic heterocycles. The predicted molar refractivity (Wildman–Crippen MR) is 118 cm³/mol. The molecule has 0 atom stereocenters.